The molecule has 0 bridgehead atoms. The highest BCUT2D eigenvalue weighted by Gasteiger charge is 2.50. The summed E-state index contributed by atoms with van der Waals surface area (Å²) in [6, 6.07) is 0. The van der Waals surface area contributed by atoms with Gasteiger partial charge in [-0.1, -0.05) is 241 Å². The van der Waals surface area contributed by atoms with Gasteiger partial charge in [-0.25, -0.2) is 4.79 Å². The van der Waals surface area contributed by atoms with Crippen molar-refractivity contribution in [1.82, 2.24) is 0 Å². The first kappa shape index (κ1) is 70.9. The van der Waals surface area contributed by atoms with Gasteiger partial charge in [-0.15, -0.1) is 0 Å². The van der Waals surface area contributed by atoms with E-state index in [1.54, 1.807) is 6.08 Å². The average Bonchev–Trinajstić information content (AvgIpc) is 3.42. The quantitative estimate of drug-likeness (QED) is 0.0228. The second-order valence-corrected chi connectivity index (χ2v) is 20.6. The number of ether oxygens (including phenoxy) is 5. The minimum Gasteiger partial charge on any atom is -0.479 e. The summed E-state index contributed by atoms with van der Waals surface area (Å²) < 4.78 is 28.3. The Morgan fingerprint density at radius 3 is 1.34 bits per heavy atom. The SMILES string of the molecule is CC/C=C\C/C=C\C/C=C\C/C=C\C/C=C\CC(=O)OCC(COC1OC(C(=O)O)C(O)C(O)C1OC(=O)CCCCCCCCCCCCCCCCCCC)OC(=O)CCCCCCC/C=C\C/C=C\CCCCC. The number of carbonyl (C=O) groups excluding carboxylic acids is 3. The molecule has 12 nitrogen and oxygen atoms in total. The fourth-order valence-corrected chi connectivity index (χ4v) is 8.82. The van der Waals surface area contributed by atoms with Crippen LogP contribution in [0.5, 0.6) is 0 Å². The lowest BCUT2D eigenvalue weighted by molar-refractivity contribution is -0.301. The predicted octanol–water partition coefficient (Wildman–Crippen LogP) is 15.9. The summed E-state index contributed by atoms with van der Waals surface area (Å²) in [5, 5.41) is 31.5. The van der Waals surface area contributed by atoms with Gasteiger partial charge in [-0.3, -0.25) is 14.4 Å². The maximum Gasteiger partial charge on any atom is 0.335 e. The summed E-state index contributed by atoms with van der Waals surface area (Å²) in [5.74, 6) is -3.30. The Bertz CT molecular complexity index is 1660. The average molecular weight is 1080 g/mol. The lowest BCUT2D eigenvalue weighted by atomic mass is 9.98. The fourth-order valence-electron chi connectivity index (χ4n) is 8.82. The Balaban J connectivity index is 2.73. The highest BCUT2D eigenvalue weighted by atomic mass is 16.7. The van der Waals surface area contributed by atoms with Gasteiger partial charge in [0.25, 0.3) is 0 Å². The monoisotopic (exact) mass is 1080 g/mol. The van der Waals surface area contributed by atoms with Gasteiger partial charge < -0.3 is 39.0 Å². The van der Waals surface area contributed by atoms with Crippen LogP contribution in [0.4, 0.5) is 0 Å². The summed E-state index contributed by atoms with van der Waals surface area (Å²) in [5.41, 5.74) is 0. The van der Waals surface area contributed by atoms with Crippen LogP contribution in [0.3, 0.4) is 0 Å². The van der Waals surface area contributed by atoms with E-state index in [9.17, 15) is 34.5 Å². The molecular weight excluding hydrogens is 973 g/mol. The topological polar surface area (TPSA) is 175 Å². The van der Waals surface area contributed by atoms with Gasteiger partial charge in [-0.05, 0) is 77.0 Å². The van der Waals surface area contributed by atoms with Crippen LogP contribution < -0.4 is 0 Å². The Morgan fingerprint density at radius 1 is 0.455 bits per heavy atom. The number of carboxylic acid groups (broad SMARTS) is 1. The molecule has 0 radical (unpaired) electrons. The summed E-state index contributed by atoms with van der Waals surface area (Å²) in [7, 11) is 0. The number of esters is 3. The van der Waals surface area contributed by atoms with Crippen molar-refractivity contribution in [2.45, 2.75) is 289 Å². The number of unbranched alkanes of at least 4 members (excludes halogenated alkanes) is 24. The summed E-state index contributed by atoms with van der Waals surface area (Å²) in [6.07, 6.45) is 55.7. The van der Waals surface area contributed by atoms with E-state index in [0.717, 1.165) is 96.3 Å². The molecule has 0 spiro atoms. The van der Waals surface area contributed by atoms with Crippen LogP contribution >= 0.6 is 0 Å². The first-order valence-corrected chi connectivity index (χ1v) is 30.6. The molecule has 77 heavy (non-hydrogen) atoms. The standard InChI is InChI=1S/C65H108O12/c1-4-7-10-13-16-19-22-25-28-29-32-35-38-41-44-47-50-53-59(68)76-63-61(70)60(69)62(64(71)72)77-65(63)74-55-56(75-58(67)52-49-46-43-40-37-34-31-27-24-21-18-15-12-9-6-3)54-73-57(66)51-48-45-42-39-36-33-30-26-23-20-17-14-11-8-5-2/h8,11,17-18,20-21,26-27,30-31,36,39,45,48,56,60-63,65,69-70H,4-7,9-10,12-16,19,22-25,28-29,32-35,37-38,40-44,46-47,49-55H2,1-3H3,(H,71,72)/b11-8-,20-17-,21-18-,30-26-,31-27-,39-36-,48-45-. The summed E-state index contributed by atoms with van der Waals surface area (Å²) >= 11 is 0. The first-order chi connectivity index (χ1) is 37.6. The first-order valence-electron chi connectivity index (χ1n) is 30.6. The van der Waals surface area contributed by atoms with Crippen LogP contribution in [0.25, 0.3) is 0 Å². The van der Waals surface area contributed by atoms with Gasteiger partial charge in [-0.2, -0.15) is 0 Å². The number of carboxylic acids is 1. The molecule has 1 aliphatic heterocycles. The smallest absolute Gasteiger partial charge is 0.335 e. The van der Waals surface area contributed by atoms with Gasteiger partial charge in [0.15, 0.2) is 24.6 Å². The molecule has 0 aromatic heterocycles. The molecule has 1 fully saturated rings. The lowest BCUT2D eigenvalue weighted by Crippen LogP contribution is -2.61. The second kappa shape index (κ2) is 52.6. The van der Waals surface area contributed by atoms with Crippen molar-refractivity contribution in [2.75, 3.05) is 13.2 Å². The highest BCUT2D eigenvalue weighted by molar-refractivity contribution is 5.74. The molecule has 1 saturated heterocycles. The molecule has 1 aliphatic rings. The predicted molar refractivity (Wildman–Crippen MR) is 312 cm³/mol. The molecule has 0 aliphatic carbocycles. The molecule has 440 valence electrons. The maximum absolute atomic E-state index is 13.1. The highest BCUT2D eigenvalue weighted by Crippen LogP contribution is 2.26. The molecule has 0 saturated carbocycles. The van der Waals surface area contributed by atoms with Crippen LogP contribution in [0.1, 0.15) is 252 Å². The van der Waals surface area contributed by atoms with E-state index in [1.165, 1.54) is 96.3 Å². The third kappa shape index (κ3) is 42.5. The molecule has 12 heteroatoms. The Hall–Kier alpha value is -4.10. The van der Waals surface area contributed by atoms with Crippen LogP contribution in [0, 0.1) is 0 Å². The van der Waals surface area contributed by atoms with E-state index in [2.05, 4.69) is 87.6 Å². The molecule has 1 heterocycles. The van der Waals surface area contributed by atoms with E-state index in [-0.39, 0.29) is 25.9 Å². The summed E-state index contributed by atoms with van der Waals surface area (Å²) in [6.45, 7) is 5.77. The zero-order chi connectivity index (χ0) is 56.1. The van der Waals surface area contributed by atoms with E-state index < -0.39 is 67.3 Å². The molecule has 1 rings (SSSR count). The maximum atomic E-state index is 13.1. The molecule has 0 aromatic carbocycles. The zero-order valence-electron chi connectivity index (χ0n) is 48.4. The number of carbonyl (C=O) groups is 4. The Labute approximate surface area is 467 Å². The molecule has 6 unspecified atom stereocenters. The second-order valence-electron chi connectivity index (χ2n) is 20.6. The number of rotatable bonds is 51. The third-order valence-corrected chi connectivity index (χ3v) is 13.5. The number of hydrogen-bond acceptors (Lipinski definition) is 11. The van der Waals surface area contributed by atoms with Crippen molar-refractivity contribution in [3.8, 4) is 0 Å². The number of allylic oxidation sites excluding steroid dienone is 13. The van der Waals surface area contributed by atoms with Crippen LogP contribution in [0.15, 0.2) is 85.1 Å². The van der Waals surface area contributed by atoms with Crippen molar-refractivity contribution >= 4 is 23.9 Å². The molecule has 0 aromatic rings. The van der Waals surface area contributed by atoms with Crippen LogP contribution in [-0.4, -0.2) is 89.2 Å². The normalized spacial score (nSPS) is 18.6. The van der Waals surface area contributed by atoms with Gasteiger partial charge in [0, 0.05) is 12.8 Å². The minimum absolute atomic E-state index is 0.0193. The largest absolute Gasteiger partial charge is 0.479 e. The third-order valence-electron chi connectivity index (χ3n) is 13.5. The van der Waals surface area contributed by atoms with E-state index in [4.69, 9.17) is 23.7 Å². The summed E-state index contributed by atoms with van der Waals surface area (Å²) in [4.78, 5) is 51.1. The number of aliphatic hydroxyl groups is 2. The Kier molecular flexibility index (Phi) is 48.4. The van der Waals surface area contributed by atoms with Gasteiger partial charge in [0.2, 0.25) is 0 Å². The Morgan fingerprint density at radius 2 is 0.857 bits per heavy atom. The van der Waals surface area contributed by atoms with Crippen molar-refractivity contribution in [3.63, 3.8) is 0 Å². The van der Waals surface area contributed by atoms with E-state index >= 15 is 0 Å². The fraction of sp³-hybridized carbons (Fsp3) is 0.723. The van der Waals surface area contributed by atoms with Crippen molar-refractivity contribution in [3.05, 3.63) is 85.1 Å². The molecule has 0 amide bonds. The van der Waals surface area contributed by atoms with Crippen molar-refractivity contribution < 1.29 is 58.2 Å². The van der Waals surface area contributed by atoms with E-state index in [1.807, 2.05) is 12.2 Å². The molecule has 3 N–H and O–H groups in total. The van der Waals surface area contributed by atoms with Gasteiger partial charge in [0.1, 0.15) is 18.8 Å². The zero-order valence-corrected chi connectivity index (χ0v) is 48.4. The van der Waals surface area contributed by atoms with Crippen molar-refractivity contribution in [2.24, 2.45) is 0 Å². The number of aliphatic carboxylic acids is 1. The molecular formula is C65H108O12. The number of aliphatic hydroxyl groups excluding tert-OH is 2. The van der Waals surface area contributed by atoms with Gasteiger partial charge >= 0.3 is 23.9 Å². The minimum atomic E-state index is -1.92. The van der Waals surface area contributed by atoms with Gasteiger partial charge in [0.05, 0.1) is 13.0 Å². The lowest BCUT2D eigenvalue weighted by Gasteiger charge is -2.40. The van der Waals surface area contributed by atoms with Crippen LogP contribution in [0.2, 0.25) is 0 Å². The number of hydrogen-bond donors (Lipinski definition) is 3. The van der Waals surface area contributed by atoms with E-state index in [0.29, 0.717) is 19.3 Å². The molecule has 6 atom stereocenters. The van der Waals surface area contributed by atoms with Crippen molar-refractivity contribution in [1.29, 1.82) is 0 Å². The van der Waals surface area contributed by atoms with Crippen LogP contribution in [-0.2, 0) is 42.9 Å².